The van der Waals surface area contributed by atoms with Crippen LogP contribution in [-0.4, -0.2) is 39.0 Å². The van der Waals surface area contributed by atoms with E-state index in [4.69, 9.17) is 0 Å². The van der Waals surface area contributed by atoms with Gasteiger partial charge in [0.25, 0.3) is 0 Å². The first kappa shape index (κ1) is 12.2. The van der Waals surface area contributed by atoms with E-state index >= 15 is 0 Å². The van der Waals surface area contributed by atoms with Crippen molar-refractivity contribution in [2.24, 2.45) is 12.5 Å². The molecule has 1 aliphatic carbocycles. The van der Waals surface area contributed by atoms with Crippen molar-refractivity contribution < 1.29 is 5.11 Å². The number of nitrogens with zero attached hydrogens (tertiary/aromatic N) is 3. The highest BCUT2D eigenvalue weighted by Crippen LogP contribution is 2.49. The number of likely N-dealkylation sites (tertiary alicyclic amines) is 1. The molecule has 0 amide bonds. The highest BCUT2D eigenvalue weighted by Gasteiger charge is 2.47. The number of piperidine rings is 1. The normalized spacial score (nSPS) is 27.4. The average molecular weight is 249 g/mol. The van der Waals surface area contributed by atoms with Crippen molar-refractivity contribution in [1.82, 2.24) is 14.7 Å². The van der Waals surface area contributed by atoms with Crippen molar-refractivity contribution >= 4 is 0 Å². The lowest BCUT2D eigenvalue weighted by Crippen LogP contribution is -2.51. The lowest BCUT2D eigenvalue weighted by Gasteiger charge is -2.51. The van der Waals surface area contributed by atoms with Crippen LogP contribution in [0.1, 0.15) is 36.9 Å². The van der Waals surface area contributed by atoms with E-state index in [2.05, 4.69) is 16.9 Å². The largest absolute Gasteiger partial charge is 0.393 e. The third kappa shape index (κ3) is 1.88. The third-order valence-electron chi connectivity index (χ3n) is 5.21. The van der Waals surface area contributed by atoms with Crippen LogP contribution in [-0.2, 0) is 13.6 Å². The monoisotopic (exact) mass is 249 g/mol. The molecular weight excluding hydrogens is 226 g/mol. The highest BCUT2D eigenvalue weighted by molar-refractivity contribution is 5.15. The third-order valence-corrected chi connectivity index (χ3v) is 5.21. The molecule has 1 N–H and O–H groups in total. The fraction of sp³-hybridized carbons (Fsp3) is 0.786. The molecule has 1 unspecified atom stereocenters. The van der Waals surface area contributed by atoms with E-state index < -0.39 is 0 Å². The van der Waals surface area contributed by atoms with Gasteiger partial charge in [0.2, 0.25) is 0 Å². The molecule has 1 atom stereocenters. The smallest absolute Gasteiger partial charge is 0.0597 e. The van der Waals surface area contributed by atoms with Gasteiger partial charge in [0.05, 0.1) is 12.3 Å². The number of aryl methyl sites for hydroxylation is 1. The Morgan fingerprint density at radius 1 is 1.39 bits per heavy atom. The van der Waals surface area contributed by atoms with Gasteiger partial charge in [-0.25, -0.2) is 0 Å². The summed E-state index contributed by atoms with van der Waals surface area (Å²) in [5, 5.41) is 14.2. The minimum atomic E-state index is -0.0280. The summed E-state index contributed by atoms with van der Waals surface area (Å²) in [5.74, 6) is 0. The van der Waals surface area contributed by atoms with Crippen molar-refractivity contribution in [3.63, 3.8) is 0 Å². The summed E-state index contributed by atoms with van der Waals surface area (Å²) < 4.78 is 1.94. The molecular formula is C14H23N3O. The van der Waals surface area contributed by atoms with Crippen molar-refractivity contribution in [3.8, 4) is 0 Å². The van der Waals surface area contributed by atoms with Gasteiger partial charge in [-0.15, -0.1) is 0 Å². The van der Waals surface area contributed by atoms with Gasteiger partial charge in [-0.3, -0.25) is 9.58 Å². The van der Waals surface area contributed by atoms with Crippen LogP contribution in [0.15, 0.2) is 6.20 Å². The van der Waals surface area contributed by atoms with Crippen molar-refractivity contribution in [2.75, 3.05) is 13.1 Å². The van der Waals surface area contributed by atoms with Crippen LogP contribution in [0.2, 0.25) is 0 Å². The van der Waals surface area contributed by atoms with Gasteiger partial charge >= 0.3 is 0 Å². The van der Waals surface area contributed by atoms with Gasteiger partial charge < -0.3 is 5.11 Å². The van der Waals surface area contributed by atoms with E-state index in [1.54, 1.807) is 0 Å². The van der Waals surface area contributed by atoms with Gasteiger partial charge in [-0.2, -0.15) is 5.10 Å². The molecule has 18 heavy (non-hydrogen) atoms. The van der Waals surface area contributed by atoms with Gasteiger partial charge in [0, 0.05) is 24.8 Å². The molecule has 100 valence electrons. The van der Waals surface area contributed by atoms with Crippen molar-refractivity contribution in [1.29, 1.82) is 0 Å². The minimum Gasteiger partial charge on any atom is -0.393 e. The number of aromatic nitrogens is 2. The Kier molecular flexibility index (Phi) is 2.94. The summed E-state index contributed by atoms with van der Waals surface area (Å²) in [4.78, 5) is 2.50. The SMILES string of the molecule is Cc1c(CN2CCC3(CCC3O)CC2)cnn1C. The molecule has 3 rings (SSSR count). The van der Waals surface area contributed by atoms with Crippen LogP contribution in [0.3, 0.4) is 0 Å². The first-order chi connectivity index (χ1) is 8.61. The summed E-state index contributed by atoms with van der Waals surface area (Å²) in [6.07, 6.45) is 6.52. The molecule has 4 nitrogen and oxygen atoms in total. The van der Waals surface area contributed by atoms with Gasteiger partial charge in [-0.1, -0.05) is 0 Å². The maximum atomic E-state index is 9.91. The van der Waals surface area contributed by atoms with E-state index in [-0.39, 0.29) is 11.5 Å². The van der Waals surface area contributed by atoms with Crippen LogP contribution in [0, 0.1) is 12.3 Å². The van der Waals surface area contributed by atoms with Crippen LogP contribution >= 0.6 is 0 Å². The molecule has 1 aliphatic heterocycles. The molecule has 2 fully saturated rings. The second-order valence-electron chi connectivity index (χ2n) is 6.07. The topological polar surface area (TPSA) is 41.3 Å². The lowest BCUT2D eigenvalue weighted by molar-refractivity contribution is -0.100. The average Bonchev–Trinajstić information content (AvgIpc) is 2.70. The number of rotatable bonds is 2. The van der Waals surface area contributed by atoms with Gasteiger partial charge in [0.15, 0.2) is 0 Å². The highest BCUT2D eigenvalue weighted by atomic mass is 16.3. The fourth-order valence-electron chi connectivity index (χ4n) is 3.36. The minimum absolute atomic E-state index is 0.0280. The predicted molar refractivity (Wildman–Crippen MR) is 70.1 cm³/mol. The Balaban J connectivity index is 1.59. The summed E-state index contributed by atoms with van der Waals surface area (Å²) in [7, 11) is 1.99. The zero-order chi connectivity index (χ0) is 12.8. The van der Waals surface area contributed by atoms with Crippen LogP contribution in [0.4, 0.5) is 0 Å². The zero-order valence-corrected chi connectivity index (χ0v) is 11.4. The standard InChI is InChI=1S/C14H23N3O/c1-11-12(9-15-16(11)2)10-17-7-5-14(6-8-17)4-3-13(14)18/h9,13,18H,3-8,10H2,1-2H3. The molecule has 2 aliphatic rings. The Hall–Kier alpha value is -0.870. The summed E-state index contributed by atoms with van der Waals surface area (Å²) in [6, 6.07) is 0. The first-order valence-electron chi connectivity index (χ1n) is 6.99. The maximum absolute atomic E-state index is 9.91. The zero-order valence-electron chi connectivity index (χ0n) is 11.4. The molecule has 0 aromatic carbocycles. The summed E-state index contributed by atoms with van der Waals surface area (Å²) in [6.45, 7) is 5.37. The second kappa shape index (κ2) is 4.35. The van der Waals surface area contributed by atoms with Crippen LogP contribution < -0.4 is 0 Å². The Morgan fingerprint density at radius 2 is 2.11 bits per heavy atom. The molecule has 0 bridgehead atoms. The second-order valence-corrected chi connectivity index (χ2v) is 6.07. The quantitative estimate of drug-likeness (QED) is 0.863. The van der Waals surface area contributed by atoms with E-state index in [1.807, 2.05) is 17.9 Å². The number of aliphatic hydroxyl groups excluding tert-OH is 1. The molecule has 1 aromatic heterocycles. The summed E-state index contributed by atoms with van der Waals surface area (Å²) >= 11 is 0. The molecule has 0 radical (unpaired) electrons. The molecule has 1 aromatic rings. The van der Waals surface area contributed by atoms with Gasteiger partial charge in [0.1, 0.15) is 0 Å². The first-order valence-corrected chi connectivity index (χ1v) is 6.99. The Labute approximate surface area is 109 Å². The van der Waals surface area contributed by atoms with Crippen molar-refractivity contribution in [3.05, 3.63) is 17.5 Å². The molecule has 4 heteroatoms. The van der Waals surface area contributed by atoms with E-state index in [9.17, 15) is 5.11 Å². The number of hydrogen-bond donors (Lipinski definition) is 1. The maximum Gasteiger partial charge on any atom is 0.0597 e. The lowest BCUT2D eigenvalue weighted by atomic mass is 9.61. The number of aliphatic hydroxyl groups is 1. The molecule has 1 spiro atoms. The molecule has 1 saturated heterocycles. The Morgan fingerprint density at radius 3 is 2.56 bits per heavy atom. The van der Waals surface area contributed by atoms with Gasteiger partial charge in [-0.05, 0) is 51.1 Å². The van der Waals surface area contributed by atoms with E-state index in [1.165, 1.54) is 17.7 Å². The van der Waals surface area contributed by atoms with E-state index in [0.717, 1.165) is 38.9 Å². The van der Waals surface area contributed by atoms with Crippen LogP contribution in [0.5, 0.6) is 0 Å². The summed E-state index contributed by atoms with van der Waals surface area (Å²) in [5.41, 5.74) is 2.88. The Bertz CT molecular complexity index is 432. The predicted octanol–water partition coefficient (Wildman–Crippen LogP) is 1.47. The van der Waals surface area contributed by atoms with Crippen LogP contribution in [0.25, 0.3) is 0 Å². The van der Waals surface area contributed by atoms with E-state index in [0.29, 0.717) is 0 Å². The molecule has 1 saturated carbocycles. The fourth-order valence-corrected chi connectivity index (χ4v) is 3.36. The number of hydrogen-bond acceptors (Lipinski definition) is 3. The van der Waals surface area contributed by atoms with Crippen molar-refractivity contribution in [2.45, 2.75) is 45.3 Å². The molecule has 2 heterocycles.